The van der Waals surface area contributed by atoms with Crippen molar-refractivity contribution < 1.29 is 14.3 Å². The molecule has 0 amide bonds. The summed E-state index contributed by atoms with van der Waals surface area (Å²) in [5.74, 6) is 1.63. The molecule has 4 nitrogen and oxygen atoms in total. The van der Waals surface area contributed by atoms with Crippen molar-refractivity contribution in [3.63, 3.8) is 0 Å². The van der Waals surface area contributed by atoms with E-state index in [4.69, 9.17) is 9.47 Å². The lowest BCUT2D eigenvalue weighted by Gasteiger charge is -2.06. The maximum Gasteiger partial charge on any atom is 0.162 e. The number of carbonyl (C=O) groups excluding carboxylic acids is 1. The van der Waals surface area contributed by atoms with Crippen LogP contribution >= 0.6 is 27.3 Å². The number of ether oxygens (including phenoxy) is 2. The molecule has 0 fully saturated rings. The van der Waals surface area contributed by atoms with Crippen molar-refractivity contribution in [3.8, 4) is 22.1 Å². The molecule has 6 heteroatoms. The Kier molecular flexibility index (Phi) is 6.06. The summed E-state index contributed by atoms with van der Waals surface area (Å²) in [6.07, 6.45) is 0.501. The van der Waals surface area contributed by atoms with Gasteiger partial charge in [0.05, 0.1) is 18.4 Å². The highest BCUT2D eigenvalue weighted by molar-refractivity contribution is 9.10. The largest absolute Gasteiger partial charge is 0.496 e. The van der Waals surface area contributed by atoms with E-state index >= 15 is 0 Å². The Morgan fingerprint density at radius 3 is 2.65 bits per heavy atom. The minimum Gasteiger partial charge on any atom is -0.496 e. The number of Topliss-reactive ketones (excluding diaryl/α,β-unsaturated/α-hetero) is 1. The highest BCUT2D eigenvalue weighted by Gasteiger charge is 2.11. The smallest absolute Gasteiger partial charge is 0.162 e. The first-order valence-corrected chi connectivity index (χ1v) is 9.82. The van der Waals surface area contributed by atoms with E-state index in [2.05, 4.69) is 20.9 Å². The van der Waals surface area contributed by atoms with Crippen molar-refractivity contribution >= 4 is 33.0 Å². The molecule has 0 radical (unpaired) electrons. The van der Waals surface area contributed by atoms with Crippen LogP contribution in [0, 0.1) is 0 Å². The van der Waals surface area contributed by atoms with Gasteiger partial charge in [-0.3, -0.25) is 4.79 Å². The highest BCUT2D eigenvalue weighted by atomic mass is 79.9. The lowest BCUT2D eigenvalue weighted by molar-refractivity contribution is 0.0988. The van der Waals surface area contributed by atoms with Crippen LogP contribution < -0.4 is 9.47 Å². The van der Waals surface area contributed by atoms with Crippen LogP contribution in [-0.4, -0.2) is 17.9 Å². The molecule has 3 rings (SSSR count). The second-order valence-electron chi connectivity index (χ2n) is 5.58. The van der Waals surface area contributed by atoms with Crippen molar-refractivity contribution in [2.24, 2.45) is 0 Å². The molecule has 0 aliphatic carbocycles. The van der Waals surface area contributed by atoms with Gasteiger partial charge in [-0.05, 0) is 42.5 Å². The monoisotopic (exact) mass is 431 g/mol. The van der Waals surface area contributed by atoms with E-state index in [1.807, 2.05) is 42.6 Å². The molecule has 2 aromatic carbocycles. The van der Waals surface area contributed by atoms with Gasteiger partial charge in [-0.2, -0.15) is 0 Å². The molecule has 134 valence electrons. The average Bonchev–Trinajstić information content (AvgIpc) is 3.15. The summed E-state index contributed by atoms with van der Waals surface area (Å²) >= 11 is 5.03. The summed E-state index contributed by atoms with van der Waals surface area (Å²) in [6.45, 7) is 2.22. The fourth-order valence-corrected chi connectivity index (χ4v) is 3.63. The lowest BCUT2D eigenvalue weighted by Crippen LogP contribution is -1.98. The predicted octanol–water partition coefficient (Wildman–Crippen LogP) is 5.75. The van der Waals surface area contributed by atoms with Gasteiger partial charge in [0.25, 0.3) is 0 Å². The first-order chi connectivity index (χ1) is 12.6. The van der Waals surface area contributed by atoms with Crippen LogP contribution in [0.5, 0.6) is 11.5 Å². The third-order valence-electron chi connectivity index (χ3n) is 3.83. The van der Waals surface area contributed by atoms with Crippen LogP contribution in [0.25, 0.3) is 10.6 Å². The minimum absolute atomic E-state index is 0.128. The molecule has 1 heterocycles. The standard InChI is InChI=1S/C20H18BrNO3S/c1-3-18(23)13-4-7-16(8-5-13)25-11-15-12-26-20(22-15)17-10-14(21)6-9-19(17)24-2/h4-10,12H,3,11H2,1-2H3. The van der Waals surface area contributed by atoms with Gasteiger partial charge in [0.1, 0.15) is 23.1 Å². The number of nitrogens with zero attached hydrogens (tertiary/aromatic N) is 1. The lowest BCUT2D eigenvalue weighted by atomic mass is 10.1. The predicted molar refractivity (Wildman–Crippen MR) is 107 cm³/mol. The maximum atomic E-state index is 11.7. The van der Waals surface area contributed by atoms with E-state index in [-0.39, 0.29) is 5.78 Å². The third kappa shape index (κ3) is 4.31. The molecular formula is C20H18BrNO3S. The van der Waals surface area contributed by atoms with Gasteiger partial charge in [-0.25, -0.2) is 4.98 Å². The van der Waals surface area contributed by atoms with Gasteiger partial charge in [0.15, 0.2) is 5.78 Å². The SMILES string of the molecule is CCC(=O)c1ccc(OCc2csc(-c3cc(Br)ccc3OC)n2)cc1. The van der Waals surface area contributed by atoms with Crippen LogP contribution in [0.4, 0.5) is 0 Å². The minimum atomic E-state index is 0.128. The first kappa shape index (κ1) is 18.6. The number of benzene rings is 2. The van der Waals surface area contributed by atoms with Crippen molar-refractivity contribution in [3.05, 3.63) is 63.6 Å². The molecule has 0 aliphatic heterocycles. The van der Waals surface area contributed by atoms with Gasteiger partial charge in [-0.1, -0.05) is 22.9 Å². The number of halogens is 1. The Bertz CT molecular complexity index is 906. The summed E-state index contributed by atoms with van der Waals surface area (Å²) in [6, 6.07) is 13.1. The summed E-state index contributed by atoms with van der Waals surface area (Å²) in [5.41, 5.74) is 2.50. The third-order valence-corrected chi connectivity index (χ3v) is 5.25. The van der Waals surface area contributed by atoms with Gasteiger partial charge in [0, 0.05) is 21.8 Å². The van der Waals surface area contributed by atoms with Gasteiger partial charge in [0.2, 0.25) is 0 Å². The Labute approximate surface area is 164 Å². The van der Waals surface area contributed by atoms with Crippen molar-refractivity contribution in [2.45, 2.75) is 20.0 Å². The number of hydrogen-bond acceptors (Lipinski definition) is 5. The molecular weight excluding hydrogens is 414 g/mol. The molecule has 3 aromatic rings. The van der Waals surface area contributed by atoms with Gasteiger partial charge < -0.3 is 9.47 Å². The molecule has 26 heavy (non-hydrogen) atoms. The summed E-state index contributed by atoms with van der Waals surface area (Å²) in [7, 11) is 1.65. The Morgan fingerprint density at radius 2 is 1.96 bits per heavy atom. The van der Waals surface area contributed by atoms with Crippen LogP contribution in [0.1, 0.15) is 29.4 Å². The Balaban J connectivity index is 1.69. The molecule has 0 atom stereocenters. The van der Waals surface area contributed by atoms with E-state index in [0.29, 0.717) is 24.3 Å². The second-order valence-corrected chi connectivity index (χ2v) is 7.35. The van der Waals surface area contributed by atoms with Gasteiger partial charge in [-0.15, -0.1) is 11.3 Å². The van der Waals surface area contributed by atoms with Crippen LogP contribution in [-0.2, 0) is 6.61 Å². The first-order valence-electron chi connectivity index (χ1n) is 8.15. The topological polar surface area (TPSA) is 48.4 Å². The molecule has 0 bridgehead atoms. The van der Waals surface area contributed by atoms with Crippen molar-refractivity contribution in [1.82, 2.24) is 4.98 Å². The second kappa shape index (κ2) is 8.47. The van der Waals surface area contributed by atoms with E-state index in [1.54, 1.807) is 30.6 Å². The van der Waals surface area contributed by atoms with E-state index in [1.165, 1.54) is 0 Å². The molecule has 1 aromatic heterocycles. The zero-order valence-corrected chi connectivity index (χ0v) is 16.9. The molecule has 0 unspecified atom stereocenters. The highest BCUT2D eigenvalue weighted by Crippen LogP contribution is 2.34. The molecule has 0 saturated heterocycles. The number of thiazole rings is 1. The zero-order valence-electron chi connectivity index (χ0n) is 14.5. The normalized spacial score (nSPS) is 10.6. The summed E-state index contributed by atoms with van der Waals surface area (Å²) < 4.78 is 12.2. The number of hydrogen-bond donors (Lipinski definition) is 0. The fourth-order valence-electron chi connectivity index (χ4n) is 2.44. The average molecular weight is 432 g/mol. The van der Waals surface area contributed by atoms with Gasteiger partial charge >= 0.3 is 0 Å². The van der Waals surface area contributed by atoms with E-state index in [9.17, 15) is 4.79 Å². The number of carbonyl (C=O) groups is 1. The molecule has 0 N–H and O–H groups in total. The van der Waals surface area contributed by atoms with E-state index in [0.717, 1.165) is 26.5 Å². The molecule has 0 aliphatic rings. The number of rotatable bonds is 7. The van der Waals surface area contributed by atoms with Crippen LogP contribution in [0.3, 0.4) is 0 Å². The summed E-state index contributed by atoms with van der Waals surface area (Å²) in [4.78, 5) is 16.3. The zero-order chi connectivity index (χ0) is 18.5. The van der Waals surface area contributed by atoms with Crippen LogP contribution in [0.15, 0.2) is 52.3 Å². The number of aromatic nitrogens is 1. The summed E-state index contributed by atoms with van der Waals surface area (Å²) in [5, 5.41) is 2.86. The Hall–Kier alpha value is -2.18. The molecule has 0 spiro atoms. The molecule has 0 saturated carbocycles. The van der Waals surface area contributed by atoms with Crippen molar-refractivity contribution in [1.29, 1.82) is 0 Å². The van der Waals surface area contributed by atoms with E-state index < -0.39 is 0 Å². The number of methoxy groups -OCH3 is 1. The van der Waals surface area contributed by atoms with Crippen molar-refractivity contribution in [2.75, 3.05) is 7.11 Å². The van der Waals surface area contributed by atoms with Crippen LogP contribution in [0.2, 0.25) is 0 Å². The maximum absolute atomic E-state index is 11.7. The Morgan fingerprint density at radius 1 is 1.19 bits per heavy atom. The quantitative estimate of drug-likeness (QED) is 0.446. The fraction of sp³-hybridized carbons (Fsp3) is 0.200. The number of ketones is 1.